The number of hydrogen-bond donors (Lipinski definition) is 1. The smallest absolute Gasteiger partial charge is 0.244 e. The minimum atomic E-state index is -0.205. The molecule has 0 aliphatic carbocycles. The molecule has 0 fully saturated rings. The van der Waals surface area contributed by atoms with Crippen molar-refractivity contribution in [2.24, 2.45) is 7.05 Å². The molecule has 0 saturated carbocycles. The molecule has 0 aromatic carbocycles. The van der Waals surface area contributed by atoms with Crippen molar-refractivity contribution in [3.8, 4) is 0 Å². The standard InChI is InChI=1S/C17H18ClN5O/c1-11-5-4-6-15-20-13(10-23(11)15)9-19-16(24)8-7-14-12(2)21-22(3)17(14)18/h4-8,10H,9H2,1-3H3,(H,19,24). The summed E-state index contributed by atoms with van der Waals surface area (Å²) in [6.07, 6.45) is 5.06. The van der Waals surface area contributed by atoms with Gasteiger partial charge in [0.1, 0.15) is 10.8 Å². The lowest BCUT2D eigenvalue weighted by atomic mass is 10.2. The average molecular weight is 344 g/mol. The molecular weight excluding hydrogens is 326 g/mol. The fraction of sp³-hybridized carbons (Fsp3) is 0.235. The number of nitrogens with one attached hydrogen (secondary N) is 1. The van der Waals surface area contributed by atoms with E-state index in [9.17, 15) is 4.79 Å². The van der Waals surface area contributed by atoms with Gasteiger partial charge < -0.3 is 9.72 Å². The number of pyridine rings is 1. The van der Waals surface area contributed by atoms with E-state index in [4.69, 9.17) is 11.6 Å². The Kier molecular flexibility index (Phi) is 4.40. The van der Waals surface area contributed by atoms with Crippen molar-refractivity contribution in [3.63, 3.8) is 0 Å². The fourth-order valence-corrected chi connectivity index (χ4v) is 2.75. The maximum atomic E-state index is 12.0. The first-order chi connectivity index (χ1) is 11.5. The van der Waals surface area contributed by atoms with E-state index in [0.29, 0.717) is 11.7 Å². The molecule has 1 N–H and O–H groups in total. The van der Waals surface area contributed by atoms with Gasteiger partial charge in [-0.2, -0.15) is 5.10 Å². The van der Waals surface area contributed by atoms with Crippen LogP contribution in [-0.2, 0) is 18.4 Å². The molecule has 0 saturated heterocycles. The maximum Gasteiger partial charge on any atom is 0.244 e. The van der Waals surface area contributed by atoms with Crippen LogP contribution in [0.15, 0.2) is 30.5 Å². The first-order valence-corrected chi connectivity index (χ1v) is 7.92. The molecule has 124 valence electrons. The van der Waals surface area contributed by atoms with Crippen LogP contribution in [-0.4, -0.2) is 25.1 Å². The normalized spacial score (nSPS) is 11.5. The minimum absolute atomic E-state index is 0.205. The second-order valence-corrected chi connectivity index (χ2v) is 5.95. The molecule has 7 heteroatoms. The molecule has 0 atom stereocenters. The SMILES string of the molecule is Cc1nn(C)c(Cl)c1C=CC(=O)NCc1cn2c(C)cccc2n1. The first kappa shape index (κ1) is 16.3. The number of imidazole rings is 1. The third-order valence-corrected chi connectivity index (χ3v) is 4.24. The maximum absolute atomic E-state index is 12.0. The predicted molar refractivity (Wildman–Crippen MR) is 93.8 cm³/mol. The summed E-state index contributed by atoms with van der Waals surface area (Å²) < 4.78 is 3.57. The highest BCUT2D eigenvalue weighted by Crippen LogP contribution is 2.19. The van der Waals surface area contributed by atoms with Gasteiger partial charge in [0.2, 0.25) is 5.91 Å². The van der Waals surface area contributed by atoms with Crippen LogP contribution >= 0.6 is 11.6 Å². The van der Waals surface area contributed by atoms with Gasteiger partial charge in [-0.05, 0) is 32.1 Å². The summed E-state index contributed by atoms with van der Waals surface area (Å²) in [5.74, 6) is -0.205. The van der Waals surface area contributed by atoms with Crippen molar-refractivity contribution >= 4 is 29.2 Å². The van der Waals surface area contributed by atoms with E-state index >= 15 is 0 Å². The van der Waals surface area contributed by atoms with E-state index in [0.717, 1.165) is 28.3 Å². The van der Waals surface area contributed by atoms with Gasteiger partial charge in [-0.25, -0.2) is 4.98 Å². The summed E-state index contributed by atoms with van der Waals surface area (Å²) in [4.78, 5) is 16.5. The Morgan fingerprint density at radius 1 is 1.38 bits per heavy atom. The highest BCUT2D eigenvalue weighted by Gasteiger charge is 2.09. The van der Waals surface area contributed by atoms with E-state index in [1.165, 1.54) is 6.08 Å². The lowest BCUT2D eigenvalue weighted by molar-refractivity contribution is -0.116. The van der Waals surface area contributed by atoms with Crippen LogP contribution < -0.4 is 5.32 Å². The molecule has 3 rings (SSSR count). The molecule has 0 radical (unpaired) electrons. The lowest BCUT2D eigenvalue weighted by Crippen LogP contribution is -2.20. The van der Waals surface area contributed by atoms with E-state index in [1.807, 2.05) is 42.6 Å². The van der Waals surface area contributed by atoms with Gasteiger partial charge in [0, 0.05) is 30.6 Å². The van der Waals surface area contributed by atoms with Crippen LogP contribution in [0.4, 0.5) is 0 Å². The third-order valence-electron chi connectivity index (χ3n) is 3.79. The third kappa shape index (κ3) is 3.19. The number of carbonyl (C=O) groups excluding carboxylic acids is 1. The molecule has 1 amide bonds. The Bertz CT molecular complexity index is 938. The second kappa shape index (κ2) is 6.49. The fourth-order valence-electron chi connectivity index (χ4n) is 2.52. The molecule has 6 nitrogen and oxygen atoms in total. The average Bonchev–Trinajstić information content (AvgIpc) is 3.06. The quantitative estimate of drug-likeness (QED) is 0.741. The number of hydrogen-bond acceptors (Lipinski definition) is 3. The lowest BCUT2D eigenvalue weighted by Gasteiger charge is -1.98. The number of halogens is 1. The van der Waals surface area contributed by atoms with E-state index < -0.39 is 0 Å². The molecule has 0 bridgehead atoms. The topological polar surface area (TPSA) is 64.2 Å². The zero-order valence-corrected chi connectivity index (χ0v) is 14.5. The van der Waals surface area contributed by atoms with E-state index in [-0.39, 0.29) is 5.91 Å². The van der Waals surface area contributed by atoms with Crippen molar-refractivity contribution in [2.45, 2.75) is 20.4 Å². The zero-order chi connectivity index (χ0) is 17.3. The summed E-state index contributed by atoms with van der Waals surface area (Å²) in [7, 11) is 1.76. The summed E-state index contributed by atoms with van der Waals surface area (Å²) in [6.45, 7) is 4.23. The molecule has 3 aromatic heterocycles. The largest absolute Gasteiger partial charge is 0.347 e. The molecule has 0 spiro atoms. The van der Waals surface area contributed by atoms with Crippen LogP contribution in [0.3, 0.4) is 0 Å². The van der Waals surface area contributed by atoms with Gasteiger partial charge in [-0.1, -0.05) is 17.7 Å². The van der Waals surface area contributed by atoms with Crippen LogP contribution in [0.5, 0.6) is 0 Å². The Labute approximate surface area is 144 Å². The molecule has 3 aromatic rings. The molecule has 0 unspecified atom stereocenters. The highest BCUT2D eigenvalue weighted by molar-refractivity contribution is 6.31. The van der Waals surface area contributed by atoms with E-state index in [2.05, 4.69) is 15.4 Å². The minimum Gasteiger partial charge on any atom is -0.347 e. The number of aryl methyl sites for hydroxylation is 3. The van der Waals surface area contributed by atoms with Crippen LogP contribution in [0.1, 0.15) is 22.6 Å². The number of rotatable bonds is 4. The molecule has 0 aliphatic heterocycles. The summed E-state index contributed by atoms with van der Waals surface area (Å²) in [5.41, 5.74) is 4.30. The van der Waals surface area contributed by atoms with Crippen LogP contribution in [0.2, 0.25) is 5.15 Å². The van der Waals surface area contributed by atoms with Crippen molar-refractivity contribution in [1.29, 1.82) is 0 Å². The molecule has 24 heavy (non-hydrogen) atoms. The van der Waals surface area contributed by atoms with Crippen molar-refractivity contribution in [1.82, 2.24) is 24.5 Å². The van der Waals surface area contributed by atoms with Crippen LogP contribution in [0, 0.1) is 13.8 Å². The van der Waals surface area contributed by atoms with Gasteiger partial charge in [0.15, 0.2) is 0 Å². The van der Waals surface area contributed by atoms with Gasteiger partial charge in [-0.15, -0.1) is 0 Å². The van der Waals surface area contributed by atoms with Crippen molar-refractivity contribution < 1.29 is 4.79 Å². The summed E-state index contributed by atoms with van der Waals surface area (Å²) >= 11 is 6.14. The number of aromatic nitrogens is 4. The highest BCUT2D eigenvalue weighted by atomic mass is 35.5. The summed E-state index contributed by atoms with van der Waals surface area (Å²) in [5, 5.41) is 7.53. The zero-order valence-electron chi connectivity index (χ0n) is 13.7. The number of carbonyl (C=O) groups is 1. The van der Waals surface area contributed by atoms with Crippen molar-refractivity contribution in [2.75, 3.05) is 0 Å². The Morgan fingerprint density at radius 3 is 2.83 bits per heavy atom. The van der Waals surface area contributed by atoms with Crippen molar-refractivity contribution in [3.05, 3.63) is 58.3 Å². The van der Waals surface area contributed by atoms with E-state index in [1.54, 1.807) is 17.8 Å². The predicted octanol–water partition coefficient (Wildman–Crippen LogP) is 2.67. The van der Waals surface area contributed by atoms with Gasteiger partial charge in [0.05, 0.1) is 17.9 Å². The molecule has 3 heterocycles. The second-order valence-electron chi connectivity index (χ2n) is 5.59. The number of nitrogens with zero attached hydrogens (tertiary/aromatic N) is 4. The first-order valence-electron chi connectivity index (χ1n) is 7.54. The molecular formula is C17H18ClN5O. The molecule has 0 aliphatic rings. The van der Waals surface area contributed by atoms with Crippen LogP contribution in [0.25, 0.3) is 11.7 Å². The number of amides is 1. The Hall–Kier alpha value is -2.60. The Balaban J connectivity index is 1.66. The Morgan fingerprint density at radius 2 is 2.17 bits per heavy atom. The monoisotopic (exact) mass is 343 g/mol. The number of fused-ring (bicyclic) bond motifs is 1. The van der Waals surface area contributed by atoms with Gasteiger partial charge in [0.25, 0.3) is 0 Å². The van der Waals surface area contributed by atoms with Gasteiger partial charge in [-0.3, -0.25) is 9.48 Å². The summed E-state index contributed by atoms with van der Waals surface area (Å²) in [6, 6.07) is 5.91. The van der Waals surface area contributed by atoms with Gasteiger partial charge >= 0.3 is 0 Å².